The van der Waals surface area contributed by atoms with Gasteiger partial charge in [-0.15, -0.1) is 0 Å². The summed E-state index contributed by atoms with van der Waals surface area (Å²) < 4.78 is 0.181. The van der Waals surface area contributed by atoms with Crippen molar-refractivity contribution in [3.8, 4) is 0 Å². The van der Waals surface area contributed by atoms with Crippen LogP contribution < -0.4 is 5.32 Å². The van der Waals surface area contributed by atoms with Gasteiger partial charge in [-0.2, -0.15) is 11.8 Å². The smallest absolute Gasteiger partial charge is 0.240 e. The SMILES string of the molecule is CC1(C)CN(C(=O)C2Cc3ccccc3CN2)CCS1. The molecule has 1 unspecified atom stereocenters. The van der Waals surface area contributed by atoms with Crippen molar-refractivity contribution in [2.24, 2.45) is 0 Å². The molecule has 1 aromatic carbocycles. The van der Waals surface area contributed by atoms with E-state index in [2.05, 4.69) is 43.4 Å². The highest BCUT2D eigenvalue weighted by atomic mass is 32.2. The molecule has 0 bridgehead atoms. The molecule has 20 heavy (non-hydrogen) atoms. The molecule has 3 nitrogen and oxygen atoms in total. The molecule has 1 saturated heterocycles. The maximum atomic E-state index is 12.7. The quantitative estimate of drug-likeness (QED) is 0.859. The molecule has 1 aromatic rings. The summed E-state index contributed by atoms with van der Waals surface area (Å²) in [6, 6.07) is 8.36. The molecule has 1 fully saturated rings. The van der Waals surface area contributed by atoms with Crippen LogP contribution >= 0.6 is 11.8 Å². The van der Waals surface area contributed by atoms with Crippen molar-refractivity contribution in [1.82, 2.24) is 10.2 Å². The van der Waals surface area contributed by atoms with Crippen LogP contribution in [-0.4, -0.2) is 40.4 Å². The highest BCUT2D eigenvalue weighted by Gasteiger charge is 2.34. The zero-order valence-electron chi connectivity index (χ0n) is 12.2. The fraction of sp³-hybridized carbons (Fsp3) is 0.562. The lowest BCUT2D eigenvalue weighted by atomic mass is 9.95. The first kappa shape index (κ1) is 14.0. The van der Waals surface area contributed by atoms with Gasteiger partial charge in [0.1, 0.15) is 0 Å². The molecule has 0 aliphatic carbocycles. The molecule has 0 aromatic heterocycles. The second-order valence-corrected chi connectivity index (χ2v) is 8.08. The second kappa shape index (κ2) is 5.41. The number of fused-ring (bicyclic) bond motifs is 1. The summed E-state index contributed by atoms with van der Waals surface area (Å²) in [6.07, 6.45) is 0.819. The predicted octanol–water partition coefficient (Wildman–Crippen LogP) is 2.05. The average Bonchev–Trinajstić information content (AvgIpc) is 2.45. The third-order valence-corrected chi connectivity index (χ3v) is 5.41. The molecule has 1 N–H and O–H groups in total. The van der Waals surface area contributed by atoms with Gasteiger partial charge in [0.15, 0.2) is 0 Å². The average molecular weight is 290 g/mol. The molecule has 4 heteroatoms. The molecule has 2 heterocycles. The molecule has 2 aliphatic heterocycles. The topological polar surface area (TPSA) is 32.3 Å². The summed E-state index contributed by atoms with van der Waals surface area (Å²) >= 11 is 1.96. The maximum Gasteiger partial charge on any atom is 0.240 e. The molecule has 108 valence electrons. The van der Waals surface area contributed by atoms with Crippen LogP contribution in [0.5, 0.6) is 0 Å². The van der Waals surface area contributed by atoms with Crippen LogP contribution in [0.3, 0.4) is 0 Å². The van der Waals surface area contributed by atoms with Crippen molar-refractivity contribution in [3.05, 3.63) is 35.4 Å². The Kier molecular flexibility index (Phi) is 3.78. The number of benzene rings is 1. The van der Waals surface area contributed by atoms with Crippen LogP contribution in [-0.2, 0) is 17.8 Å². The standard InChI is InChI=1S/C16H22N2OS/c1-16(2)11-18(7-8-20-16)15(19)14-9-12-5-3-4-6-13(12)10-17-14/h3-6,14,17H,7-11H2,1-2H3. The van der Waals surface area contributed by atoms with Gasteiger partial charge >= 0.3 is 0 Å². The summed E-state index contributed by atoms with van der Waals surface area (Å²) in [7, 11) is 0. The van der Waals surface area contributed by atoms with Crippen LogP contribution in [0, 0.1) is 0 Å². The lowest BCUT2D eigenvalue weighted by molar-refractivity contribution is -0.133. The Bertz CT molecular complexity index is 515. The third kappa shape index (κ3) is 2.86. The fourth-order valence-corrected chi connectivity index (χ4v) is 4.17. The minimum atomic E-state index is -0.0520. The Morgan fingerprint density at radius 1 is 1.35 bits per heavy atom. The Labute approximate surface area is 125 Å². The fourth-order valence-electron chi connectivity index (χ4n) is 3.05. The van der Waals surface area contributed by atoms with Gasteiger partial charge in [-0.25, -0.2) is 0 Å². The number of carbonyl (C=O) groups is 1. The monoisotopic (exact) mass is 290 g/mol. The van der Waals surface area contributed by atoms with Gasteiger partial charge in [0.25, 0.3) is 0 Å². The van der Waals surface area contributed by atoms with Crippen LogP contribution in [0.15, 0.2) is 24.3 Å². The normalized spacial score (nSPS) is 25.1. The Balaban J connectivity index is 1.70. The summed E-state index contributed by atoms with van der Waals surface area (Å²) in [5, 5.41) is 3.40. The zero-order valence-corrected chi connectivity index (χ0v) is 13.0. The van der Waals surface area contributed by atoms with E-state index >= 15 is 0 Å². The van der Waals surface area contributed by atoms with E-state index in [0.717, 1.165) is 31.8 Å². The lowest BCUT2D eigenvalue weighted by Gasteiger charge is -2.40. The maximum absolute atomic E-state index is 12.7. The number of nitrogens with one attached hydrogen (secondary N) is 1. The lowest BCUT2D eigenvalue weighted by Crippen LogP contribution is -2.54. The number of hydrogen-bond donors (Lipinski definition) is 1. The predicted molar refractivity (Wildman–Crippen MR) is 83.9 cm³/mol. The van der Waals surface area contributed by atoms with Gasteiger partial charge in [0.05, 0.1) is 6.04 Å². The zero-order chi connectivity index (χ0) is 14.2. The number of rotatable bonds is 1. The Hall–Kier alpha value is -1.00. The van der Waals surface area contributed by atoms with Gasteiger partial charge in [-0.05, 0) is 31.4 Å². The van der Waals surface area contributed by atoms with Gasteiger partial charge in [0.2, 0.25) is 5.91 Å². The van der Waals surface area contributed by atoms with Crippen molar-refractivity contribution in [3.63, 3.8) is 0 Å². The third-order valence-electron chi connectivity index (χ3n) is 4.12. The largest absolute Gasteiger partial charge is 0.339 e. The number of nitrogens with zero attached hydrogens (tertiary/aromatic N) is 1. The van der Waals surface area contributed by atoms with Crippen molar-refractivity contribution in [2.45, 2.75) is 37.6 Å². The molecule has 0 spiro atoms. The highest BCUT2D eigenvalue weighted by molar-refractivity contribution is 8.00. The van der Waals surface area contributed by atoms with E-state index in [4.69, 9.17) is 0 Å². The molecule has 3 rings (SSSR count). The van der Waals surface area contributed by atoms with Crippen molar-refractivity contribution >= 4 is 17.7 Å². The summed E-state index contributed by atoms with van der Waals surface area (Å²) in [5.41, 5.74) is 2.64. The van der Waals surface area contributed by atoms with Crippen LogP contribution in [0.2, 0.25) is 0 Å². The van der Waals surface area contributed by atoms with E-state index in [1.165, 1.54) is 11.1 Å². The molecule has 0 saturated carbocycles. The first-order chi connectivity index (χ1) is 9.55. The van der Waals surface area contributed by atoms with Crippen LogP contribution in [0.25, 0.3) is 0 Å². The van der Waals surface area contributed by atoms with E-state index in [9.17, 15) is 4.79 Å². The first-order valence-corrected chi connectivity index (χ1v) is 8.27. The molecular weight excluding hydrogens is 268 g/mol. The number of hydrogen-bond acceptors (Lipinski definition) is 3. The van der Waals surface area contributed by atoms with E-state index < -0.39 is 0 Å². The van der Waals surface area contributed by atoms with Crippen LogP contribution in [0.4, 0.5) is 0 Å². The Morgan fingerprint density at radius 2 is 2.10 bits per heavy atom. The van der Waals surface area contributed by atoms with Crippen molar-refractivity contribution in [1.29, 1.82) is 0 Å². The number of thioether (sulfide) groups is 1. The van der Waals surface area contributed by atoms with Gasteiger partial charge in [-0.3, -0.25) is 4.79 Å². The highest BCUT2D eigenvalue weighted by Crippen LogP contribution is 2.30. The molecular formula is C16H22N2OS. The number of amides is 1. The first-order valence-electron chi connectivity index (χ1n) is 7.28. The molecule has 0 radical (unpaired) electrons. The molecule has 2 aliphatic rings. The van der Waals surface area contributed by atoms with E-state index in [1.807, 2.05) is 16.7 Å². The van der Waals surface area contributed by atoms with E-state index in [1.54, 1.807) is 0 Å². The summed E-state index contributed by atoms with van der Waals surface area (Å²) in [5.74, 6) is 1.31. The number of carbonyl (C=O) groups excluding carboxylic acids is 1. The van der Waals surface area contributed by atoms with Crippen molar-refractivity contribution < 1.29 is 4.79 Å². The van der Waals surface area contributed by atoms with Gasteiger partial charge in [-0.1, -0.05) is 24.3 Å². The van der Waals surface area contributed by atoms with Gasteiger partial charge < -0.3 is 10.2 Å². The second-order valence-electron chi connectivity index (χ2n) is 6.27. The van der Waals surface area contributed by atoms with E-state index in [0.29, 0.717) is 0 Å². The molecule has 1 amide bonds. The van der Waals surface area contributed by atoms with Crippen molar-refractivity contribution in [2.75, 3.05) is 18.8 Å². The van der Waals surface area contributed by atoms with Gasteiger partial charge in [0, 0.05) is 30.1 Å². The minimum Gasteiger partial charge on any atom is -0.339 e. The minimum absolute atomic E-state index is 0.0520. The summed E-state index contributed by atoms with van der Waals surface area (Å²) in [6.45, 7) is 6.99. The van der Waals surface area contributed by atoms with Crippen LogP contribution in [0.1, 0.15) is 25.0 Å². The Morgan fingerprint density at radius 3 is 2.85 bits per heavy atom. The summed E-state index contributed by atoms with van der Waals surface area (Å²) in [4.78, 5) is 14.7. The van der Waals surface area contributed by atoms with E-state index in [-0.39, 0.29) is 16.7 Å². The molecule has 1 atom stereocenters.